The van der Waals surface area contributed by atoms with Crippen LogP contribution in [0.1, 0.15) is 46.9 Å². The number of carboxylic acid groups (broad SMARTS) is 1. The summed E-state index contributed by atoms with van der Waals surface area (Å²) in [6.07, 6.45) is 3.26. The Labute approximate surface area is 163 Å². The lowest BCUT2D eigenvalue weighted by Crippen LogP contribution is -2.29. The number of unbranched alkanes of at least 4 members (excludes halogenated alkanes) is 2. The summed E-state index contributed by atoms with van der Waals surface area (Å²) in [4.78, 5) is 34.6. The lowest BCUT2D eigenvalue weighted by Gasteiger charge is -2.08. The van der Waals surface area contributed by atoms with Gasteiger partial charge in [-0.3, -0.25) is 14.4 Å². The number of carboxylic acids is 1. The Morgan fingerprint density at radius 2 is 1.50 bits per heavy atom. The third kappa shape index (κ3) is 6.75. The topological polar surface area (TPSA) is 105 Å². The Morgan fingerprint density at radius 1 is 0.893 bits per heavy atom. The number of carbonyl (C=O) groups is 3. The van der Waals surface area contributed by atoms with Crippen molar-refractivity contribution < 1.29 is 24.2 Å². The molecule has 0 bridgehead atoms. The van der Waals surface area contributed by atoms with E-state index in [1.54, 1.807) is 36.4 Å². The highest BCUT2D eigenvalue weighted by Gasteiger charge is 2.09. The summed E-state index contributed by atoms with van der Waals surface area (Å²) in [6.45, 7) is 2.34. The molecule has 0 atom stereocenters. The summed E-state index contributed by atoms with van der Waals surface area (Å²) >= 11 is 0. The number of aliphatic carboxylic acids is 1. The Kier molecular flexibility index (Phi) is 8.02. The van der Waals surface area contributed by atoms with Crippen molar-refractivity contribution in [3.63, 3.8) is 0 Å². The van der Waals surface area contributed by atoms with E-state index in [4.69, 9.17) is 9.84 Å². The zero-order valence-corrected chi connectivity index (χ0v) is 15.7. The van der Waals surface area contributed by atoms with Crippen LogP contribution in [0.15, 0.2) is 48.5 Å². The molecule has 0 aliphatic rings. The first-order valence-corrected chi connectivity index (χ1v) is 9.14. The van der Waals surface area contributed by atoms with Gasteiger partial charge in [-0.05, 0) is 55.0 Å². The average molecular weight is 384 g/mol. The maximum atomic E-state index is 12.3. The van der Waals surface area contributed by atoms with E-state index in [2.05, 4.69) is 17.6 Å². The molecular formula is C21H24N2O5. The van der Waals surface area contributed by atoms with Crippen molar-refractivity contribution >= 4 is 23.5 Å². The Morgan fingerprint density at radius 3 is 2.11 bits per heavy atom. The van der Waals surface area contributed by atoms with Gasteiger partial charge < -0.3 is 20.5 Å². The average Bonchev–Trinajstić information content (AvgIpc) is 2.70. The van der Waals surface area contributed by atoms with Crippen LogP contribution in [0.25, 0.3) is 0 Å². The molecule has 3 N–H and O–H groups in total. The van der Waals surface area contributed by atoms with Crippen LogP contribution < -0.4 is 15.4 Å². The van der Waals surface area contributed by atoms with Crippen LogP contribution in [0.3, 0.4) is 0 Å². The standard InChI is InChI=1S/C21H24N2O5/c1-2-3-4-13-28-18-11-7-16(8-12-18)21(27)23-17-9-5-15(6-10-17)20(26)22-14-19(24)25/h5-12H,2-4,13-14H2,1H3,(H,22,26)(H,23,27)(H,24,25). The van der Waals surface area contributed by atoms with Crippen LogP contribution in [0.2, 0.25) is 0 Å². The van der Waals surface area contributed by atoms with Gasteiger partial charge in [-0.25, -0.2) is 0 Å². The summed E-state index contributed by atoms with van der Waals surface area (Å²) in [5, 5.41) is 13.6. The minimum atomic E-state index is -1.12. The van der Waals surface area contributed by atoms with E-state index in [0.717, 1.165) is 25.0 Å². The third-order valence-corrected chi connectivity index (χ3v) is 3.94. The van der Waals surface area contributed by atoms with Gasteiger partial charge in [-0.1, -0.05) is 19.8 Å². The first kappa shape index (κ1) is 21.0. The fourth-order valence-corrected chi connectivity index (χ4v) is 2.41. The second-order valence-corrected chi connectivity index (χ2v) is 6.19. The van der Waals surface area contributed by atoms with Crippen LogP contribution in [0, 0.1) is 0 Å². The van der Waals surface area contributed by atoms with Gasteiger partial charge in [0.2, 0.25) is 0 Å². The van der Waals surface area contributed by atoms with E-state index in [1.165, 1.54) is 12.1 Å². The van der Waals surface area contributed by atoms with E-state index in [1.807, 2.05) is 0 Å². The molecule has 7 nitrogen and oxygen atoms in total. The van der Waals surface area contributed by atoms with Gasteiger partial charge in [0.05, 0.1) is 6.61 Å². The van der Waals surface area contributed by atoms with E-state index >= 15 is 0 Å². The van der Waals surface area contributed by atoms with Gasteiger partial charge >= 0.3 is 5.97 Å². The number of nitrogens with one attached hydrogen (secondary N) is 2. The minimum Gasteiger partial charge on any atom is -0.494 e. The second-order valence-electron chi connectivity index (χ2n) is 6.19. The quantitative estimate of drug-likeness (QED) is 0.545. The Bertz CT molecular complexity index is 801. The molecule has 0 aliphatic carbocycles. The molecule has 0 unspecified atom stereocenters. The van der Waals surface area contributed by atoms with Gasteiger partial charge in [0.15, 0.2) is 0 Å². The summed E-state index contributed by atoms with van der Waals surface area (Å²) in [5.74, 6) is -1.16. The summed E-state index contributed by atoms with van der Waals surface area (Å²) in [7, 11) is 0. The molecule has 0 saturated carbocycles. The molecule has 0 aromatic heterocycles. The maximum absolute atomic E-state index is 12.3. The smallest absolute Gasteiger partial charge is 0.322 e. The van der Waals surface area contributed by atoms with Crippen molar-refractivity contribution in [2.45, 2.75) is 26.2 Å². The van der Waals surface area contributed by atoms with Crippen molar-refractivity contribution in [1.82, 2.24) is 5.32 Å². The number of rotatable bonds is 10. The van der Waals surface area contributed by atoms with E-state index < -0.39 is 18.4 Å². The molecule has 0 radical (unpaired) electrons. The molecule has 0 saturated heterocycles. The Hall–Kier alpha value is -3.35. The highest BCUT2D eigenvalue weighted by molar-refractivity contribution is 6.04. The molecule has 0 spiro atoms. The molecule has 148 valence electrons. The molecule has 28 heavy (non-hydrogen) atoms. The molecule has 2 amide bonds. The first-order chi connectivity index (χ1) is 13.5. The van der Waals surface area contributed by atoms with Crippen LogP contribution in [-0.4, -0.2) is 36.0 Å². The van der Waals surface area contributed by atoms with Crippen molar-refractivity contribution in [3.8, 4) is 5.75 Å². The highest BCUT2D eigenvalue weighted by atomic mass is 16.5. The van der Waals surface area contributed by atoms with Crippen molar-refractivity contribution in [2.75, 3.05) is 18.5 Å². The van der Waals surface area contributed by atoms with Gasteiger partial charge in [0, 0.05) is 16.8 Å². The molecule has 7 heteroatoms. The number of ether oxygens (including phenoxy) is 1. The SMILES string of the molecule is CCCCCOc1ccc(C(=O)Nc2ccc(C(=O)NCC(=O)O)cc2)cc1. The van der Waals surface area contributed by atoms with E-state index in [9.17, 15) is 14.4 Å². The fourth-order valence-electron chi connectivity index (χ4n) is 2.41. The highest BCUT2D eigenvalue weighted by Crippen LogP contribution is 2.15. The number of hydrogen-bond acceptors (Lipinski definition) is 4. The monoisotopic (exact) mass is 384 g/mol. The van der Waals surface area contributed by atoms with Gasteiger partial charge in [-0.15, -0.1) is 0 Å². The number of benzene rings is 2. The zero-order chi connectivity index (χ0) is 20.4. The van der Waals surface area contributed by atoms with E-state index in [0.29, 0.717) is 23.4 Å². The molecule has 0 heterocycles. The third-order valence-electron chi connectivity index (χ3n) is 3.94. The number of amides is 2. The lowest BCUT2D eigenvalue weighted by atomic mass is 10.1. The largest absolute Gasteiger partial charge is 0.494 e. The maximum Gasteiger partial charge on any atom is 0.322 e. The summed E-state index contributed by atoms with van der Waals surface area (Å²) < 4.78 is 5.62. The Balaban J connectivity index is 1.88. The number of carbonyl (C=O) groups excluding carboxylic acids is 2. The molecule has 0 fully saturated rings. The molecular weight excluding hydrogens is 360 g/mol. The molecule has 2 rings (SSSR count). The van der Waals surface area contributed by atoms with Crippen LogP contribution in [0.5, 0.6) is 5.75 Å². The van der Waals surface area contributed by atoms with Crippen LogP contribution in [-0.2, 0) is 4.79 Å². The van der Waals surface area contributed by atoms with E-state index in [-0.39, 0.29) is 5.91 Å². The van der Waals surface area contributed by atoms with Crippen molar-refractivity contribution in [2.24, 2.45) is 0 Å². The van der Waals surface area contributed by atoms with Crippen molar-refractivity contribution in [3.05, 3.63) is 59.7 Å². The normalized spacial score (nSPS) is 10.2. The molecule has 2 aromatic carbocycles. The summed E-state index contributed by atoms with van der Waals surface area (Å²) in [6, 6.07) is 13.1. The van der Waals surface area contributed by atoms with Gasteiger partial charge in [0.25, 0.3) is 11.8 Å². The molecule has 0 aliphatic heterocycles. The molecule has 2 aromatic rings. The van der Waals surface area contributed by atoms with Gasteiger partial charge in [0.1, 0.15) is 12.3 Å². The van der Waals surface area contributed by atoms with Crippen LogP contribution in [0.4, 0.5) is 5.69 Å². The zero-order valence-electron chi connectivity index (χ0n) is 15.7. The summed E-state index contributed by atoms with van der Waals surface area (Å²) in [5.41, 5.74) is 1.33. The van der Waals surface area contributed by atoms with Gasteiger partial charge in [-0.2, -0.15) is 0 Å². The minimum absolute atomic E-state index is 0.277. The lowest BCUT2D eigenvalue weighted by molar-refractivity contribution is -0.135. The number of anilines is 1. The van der Waals surface area contributed by atoms with Crippen molar-refractivity contribution in [1.29, 1.82) is 0 Å². The second kappa shape index (κ2) is 10.7. The fraction of sp³-hybridized carbons (Fsp3) is 0.286. The predicted octanol–water partition coefficient (Wildman–Crippen LogP) is 3.32. The number of hydrogen-bond donors (Lipinski definition) is 3. The first-order valence-electron chi connectivity index (χ1n) is 9.14. The predicted molar refractivity (Wildman–Crippen MR) is 106 cm³/mol. The van der Waals surface area contributed by atoms with Crippen LogP contribution >= 0.6 is 0 Å².